The van der Waals surface area contributed by atoms with Crippen molar-refractivity contribution in [2.24, 2.45) is 0 Å². The summed E-state index contributed by atoms with van der Waals surface area (Å²) in [5, 5.41) is 11.2. The van der Waals surface area contributed by atoms with Crippen molar-refractivity contribution in [2.45, 2.75) is 26.0 Å². The van der Waals surface area contributed by atoms with Crippen molar-refractivity contribution in [3.63, 3.8) is 0 Å². The summed E-state index contributed by atoms with van der Waals surface area (Å²) in [4.78, 5) is 27.5. The first-order valence-corrected chi connectivity index (χ1v) is 12.3. The minimum absolute atomic E-state index is 0.0429. The van der Waals surface area contributed by atoms with Gasteiger partial charge >= 0.3 is 0 Å². The Balaban J connectivity index is 1.64. The zero-order valence-corrected chi connectivity index (χ0v) is 21.1. The maximum atomic E-state index is 13.1. The lowest BCUT2D eigenvalue weighted by atomic mass is 9.95. The predicted molar refractivity (Wildman–Crippen MR) is 140 cm³/mol. The van der Waals surface area contributed by atoms with Gasteiger partial charge in [-0.25, -0.2) is 0 Å². The van der Waals surface area contributed by atoms with Gasteiger partial charge in [0.2, 0.25) is 0 Å². The molecule has 0 bridgehead atoms. The van der Waals surface area contributed by atoms with Gasteiger partial charge in [-0.1, -0.05) is 49.4 Å². The van der Waals surface area contributed by atoms with Gasteiger partial charge in [-0.3, -0.25) is 9.59 Å². The van der Waals surface area contributed by atoms with Crippen LogP contribution in [0, 0.1) is 0 Å². The lowest BCUT2D eigenvalue weighted by Crippen LogP contribution is -2.32. The highest BCUT2D eigenvalue weighted by molar-refractivity contribution is 6.46. The molecule has 1 aliphatic rings. The number of rotatable bonds is 11. The van der Waals surface area contributed by atoms with Crippen molar-refractivity contribution in [3.8, 4) is 11.5 Å². The second-order valence-electron chi connectivity index (χ2n) is 8.70. The molecule has 1 saturated heterocycles. The fourth-order valence-corrected chi connectivity index (χ4v) is 4.22. The number of Topliss-reactive ketones (excluding diaryl/α,β-unsaturated/α-hetero) is 1. The number of ketones is 1. The predicted octanol–water partition coefficient (Wildman–Crippen LogP) is 5.12. The SMILES string of the molecule is CCCOc1ccc(/C(O)=C2/C(=O)C(=O)N(CCOC)C2c2ccc(OCc3ccccc3)cc2)cc1. The molecule has 1 heterocycles. The molecule has 0 aliphatic carbocycles. The standard InChI is InChI=1S/C30H31NO6/c1-3-18-36-24-15-11-23(12-16-24)28(32)26-27(31(17-19-35-2)30(34)29(26)33)22-9-13-25(14-10-22)37-20-21-7-5-4-6-8-21/h4-16,27,32H,3,17-20H2,1-2H3/b28-26-. The lowest BCUT2D eigenvalue weighted by Gasteiger charge is -2.25. The van der Waals surface area contributed by atoms with Crippen LogP contribution >= 0.6 is 0 Å². The van der Waals surface area contributed by atoms with Gasteiger partial charge in [-0.2, -0.15) is 0 Å². The summed E-state index contributed by atoms with van der Waals surface area (Å²) in [6.07, 6.45) is 0.878. The highest BCUT2D eigenvalue weighted by atomic mass is 16.5. The number of likely N-dealkylation sites (tertiary alicyclic amines) is 1. The quantitative estimate of drug-likeness (QED) is 0.223. The monoisotopic (exact) mass is 501 g/mol. The molecule has 0 radical (unpaired) electrons. The number of aliphatic hydroxyl groups is 1. The second-order valence-corrected chi connectivity index (χ2v) is 8.70. The molecule has 0 saturated carbocycles. The van der Waals surface area contributed by atoms with Crippen LogP contribution in [0.5, 0.6) is 11.5 Å². The van der Waals surface area contributed by atoms with E-state index in [0.717, 1.165) is 12.0 Å². The Bertz CT molecular complexity index is 1240. The van der Waals surface area contributed by atoms with Gasteiger partial charge in [-0.05, 0) is 53.9 Å². The molecule has 7 heteroatoms. The van der Waals surface area contributed by atoms with Gasteiger partial charge in [0.05, 0.1) is 24.8 Å². The molecular formula is C30H31NO6. The van der Waals surface area contributed by atoms with Crippen molar-refractivity contribution < 1.29 is 28.9 Å². The minimum Gasteiger partial charge on any atom is -0.507 e. The Morgan fingerprint density at radius 3 is 2.16 bits per heavy atom. The number of nitrogens with zero attached hydrogens (tertiary/aromatic N) is 1. The van der Waals surface area contributed by atoms with Crippen LogP contribution in [0.2, 0.25) is 0 Å². The maximum Gasteiger partial charge on any atom is 0.295 e. The van der Waals surface area contributed by atoms with E-state index in [2.05, 4.69) is 0 Å². The van der Waals surface area contributed by atoms with E-state index in [9.17, 15) is 14.7 Å². The Kier molecular flexibility index (Phi) is 8.59. The fraction of sp³-hybridized carbons (Fsp3) is 0.267. The molecule has 1 atom stereocenters. The zero-order chi connectivity index (χ0) is 26.2. The van der Waals surface area contributed by atoms with Crippen molar-refractivity contribution in [1.82, 2.24) is 4.90 Å². The van der Waals surface area contributed by atoms with Crippen LogP contribution < -0.4 is 9.47 Å². The van der Waals surface area contributed by atoms with Crippen molar-refractivity contribution in [2.75, 3.05) is 26.9 Å². The van der Waals surface area contributed by atoms with Crippen LogP contribution in [0.25, 0.3) is 5.76 Å². The molecule has 1 aliphatic heterocycles. The summed E-state index contributed by atoms with van der Waals surface area (Å²) >= 11 is 0. The summed E-state index contributed by atoms with van der Waals surface area (Å²) in [6.45, 7) is 3.49. The van der Waals surface area contributed by atoms with Crippen LogP contribution in [0.1, 0.15) is 36.1 Å². The molecule has 7 nitrogen and oxygen atoms in total. The Labute approximate surface area is 216 Å². The van der Waals surface area contributed by atoms with E-state index in [1.165, 1.54) is 12.0 Å². The average Bonchev–Trinajstić information content (AvgIpc) is 3.19. The van der Waals surface area contributed by atoms with E-state index in [1.54, 1.807) is 36.4 Å². The third-order valence-electron chi connectivity index (χ3n) is 6.12. The molecular weight excluding hydrogens is 470 g/mol. The third-order valence-corrected chi connectivity index (χ3v) is 6.12. The Hall–Kier alpha value is -4.10. The van der Waals surface area contributed by atoms with E-state index < -0.39 is 17.7 Å². The van der Waals surface area contributed by atoms with Crippen LogP contribution in [-0.2, 0) is 20.9 Å². The highest BCUT2D eigenvalue weighted by Crippen LogP contribution is 2.39. The summed E-state index contributed by atoms with van der Waals surface area (Å²) in [5.74, 6) is -0.300. The average molecular weight is 502 g/mol. The number of ether oxygens (including phenoxy) is 3. The maximum absolute atomic E-state index is 13.1. The van der Waals surface area contributed by atoms with Gasteiger partial charge in [0.1, 0.15) is 23.9 Å². The van der Waals surface area contributed by atoms with Crippen molar-refractivity contribution >= 4 is 17.4 Å². The molecule has 0 spiro atoms. The molecule has 37 heavy (non-hydrogen) atoms. The summed E-state index contributed by atoms with van der Waals surface area (Å²) in [7, 11) is 1.53. The topological polar surface area (TPSA) is 85.3 Å². The number of aliphatic hydroxyl groups excluding tert-OH is 1. The first-order valence-electron chi connectivity index (χ1n) is 12.3. The first kappa shape index (κ1) is 26.0. The van der Waals surface area contributed by atoms with Crippen LogP contribution in [0.15, 0.2) is 84.4 Å². The number of hydrogen-bond acceptors (Lipinski definition) is 6. The van der Waals surface area contributed by atoms with Crippen LogP contribution in [0.3, 0.4) is 0 Å². The van der Waals surface area contributed by atoms with Gasteiger partial charge in [0.25, 0.3) is 11.7 Å². The molecule has 3 aromatic carbocycles. The van der Waals surface area contributed by atoms with E-state index >= 15 is 0 Å². The van der Waals surface area contributed by atoms with E-state index in [1.807, 2.05) is 49.4 Å². The first-order chi connectivity index (χ1) is 18.0. The summed E-state index contributed by atoms with van der Waals surface area (Å²) in [6, 6.07) is 23.1. The lowest BCUT2D eigenvalue weighted by molar-refractivity contribution is -0.140. The normalized spacial score (nSPS) is 16.7. The largest absolute Gasteiger partial charge is 0.507 e. The van der Waals surface area contributed by atoms with E-state index in [4.69, 9.17) is 14.2 Å². The fourth-order valence-electron chi connectivity index (χ4n) is 4.22. The number of benzene rings is 3. The Morgan fingerprint density at radius 2 is 1.51 bits per heavy atom. The molecule has 1 fully saturated rings. The van der Waals surface area contributed by atoms with Crippen LogP contribution in [-0.4, -0.2) is 48.6 Å². The number of hydrogen-bond donors (Lipinski definition) is 1. The molecule has 1 amide bonds. The number of methoxy groups -OCH3 is 1. The van der Waals surface area contributed by atoms with Gasteiger partial charge in [0.15, 0.2) is 0 Å². The smallest absolute Gasteiger partial charge is 0.295 e. The summed E-state index contributed by atoms with van der Waals surface area (Å²) < 4.78 is 16.7. The van der Waals surface area contributed by atoms with Gasteiger partial charge in [-0.15, -0.1) is 0 Å². The molecule has 1 unspecified atom stereocenters. The van der Waals surface area contributed by atoms with Crippen LogP contribution in [0.4, 0.5) is 0 Å². The third kappa shape index (κ3) is 6.01. The van der Waals surface area contributed by atoms with E-state index in [0.29, 0.717) is 35.8 Å². The van der Waals surface area contributed by atoms with Gasteiger partial charge < -0.3 is 24.2 Å². The summed E-state index contributed by atoms with van der Waals surface area (Å²) in [5.41, 5.74) is 2.21. The molecule has 4 rings (SSSR count). The number of carbonyl (C=O) groups excluding carboxylic acids is 2. The van der Waals surface area contributed by atoms with Crippen molar-refractivity contribution in [3.05, 3.63) is 101 Å². The highest BCUT2D eigenvalue weighted by Gasteiger charge is 2.45. The minimum atomic E-state index is -0.755. The van der Waals surface area contributed by atoms with E-state index in [-0.39, 0.29) is 24.5 Å². The zero-order valence-electron chi connectivity index (χ0n) is 21.1. The molecule has 3 aromatic rings. The molecule has 192 valence electrons. The number of amides is 1. The number of carbonyl (C=O) groups is 2. The second kappa shape index (κ2) is 12.2. The molecule has 0 aromatic heterocycles. The van der Waals surface area contributed by atoms with Gasteiger partial charge in [0, 0.05) is 19.2 Å². The van der Waals surface area contributed by atoms with Crippen molar-refractivity contribution in [1.29, 1.82) is 0 Å². The Morgan fingerprint density at radius 1 is 0.865 bits per heavy atom. The molecule has 1 N–H and O–H groups in total.